The lowest BCUT2D eigenvalue weighted by Gasteiger charge is -2.51. The molecule has 0 amide bonds. The number of ether oxygens (including phenoxy) is 2. The molecular weight excluding hydrogens is 404 g/mol. The van der Waals surface area contributed by atoms with Crippen LogP contribution in [0.4, 0.5) is 52.7 Å². The Balaban J connectivity index is 3.58. The van der Waals surface area contributed by atoms with Crippen molar-refractivity contribution in [2.24, 2.45) is 5.92 Å². The lowest BCUT2D eigenvalue weighted by atomic mass is 9.78. The Bertz CT molecular complexity index is 494. The van der Waals surface area contributed by atoms with Gasteiger partial charge in [0, 0.05) is 19.4 Å². The van der Waals surface area contributed by atoms with E-state index in [4.69, 9.17) is 0 Å². The van der Waals surface area contributed by atoms with Crippen molar-refractivity contribution in [3.63, 3.8) is 0 Å². The zero-order valence-corrected chi connectivity index (χ0v) is 12.9. The highest BCUT2D eigenvalue weighted by Crippen LogP contribution is 2.59. The Morgan fingerprint density at radius 1 is 0.808 bits per heavy atom. The number of rotatable bonds is 3. The van der Waals surface area contributed by atoms with Gasteiger partial charge in [-0.3, -0.25) is 0 Å². The van der Waals surface area contributed by atoms with Crippen LogP contribution in [0.5, 0.6) is 0 Å². The minimum absolute atomic E-state index is 0.0899. The van der Waals surface area contributed by atoms with Gasteiger partial charge in [0.25, 0.3) is 0 Å². The number of halogens is 12. The molecule has 0 aromatic rings. The average molecular weight is 416 g/mol. The van der Waals surface area contributed by atoms with Gasteiger partial charge in [-0.2, -0.15) is 48.3 Å². The molecule has 2 nitrogen and oxygen atoms in total. The predicted molar refractivity (Wildman–Crippen MR) is 60.0 cm³/mol. The van der Waals surface area contributed by atoms with Crippen LogP contribution < -0.4 is 0 Å². The third-order valence-corrected chi connectivity index (χ3v) is 4.05. The first-order valence-corrected chi connectivity index (χ1v) is 6.76. The summed E-state index contributed by atoms with van der Waals surface area (Å²) in [6.45, 7) is 0.625. The van der Waals surface area contributed by atoms with Crippen LogP contribution in [0, 0.1) is 5.92 Å². The van der Waals surface area contributed by atoms with Gasteiger partial charge in [-0.05, 0) is 13.3 Å². The van der Waals surface area contributed by atoms with Crippen LogP contribution in [-0.2, 0) is 9.47 Å². The van der Waals surface area contributed by atoms with Crippen LogP contribution in [0.25, 0.3) is 0 Å². The van der Waals surface area contributed by atoms with Crippen molar-refractivity contribution in [2.75, 3.05) is 7.11 Å². The van der Waals surface area contributed by atoms with E-state index in [2.05, 4.69) is 9.47 Å². The molecule has 1 fully saturated rings. The average Bonchev–Trinajstić information content (AvgIpc) is 2.41. The number of hydrogen-bond donors (Lipinski definition) is 0. The predicted octanol–water partition coefficient (Wildman–Crippen LogP) is 5.17. The summed E-state index contributed by atoms with van der Waals surface area (Å²) in [4.78, 5) is 0. The van der Waals surface area contributed by atoms with E-state index in [1.807, 2.05) is 0 Å². The van der Waals surface area contributed by atoms with Crippen molar-refractivity contribution < 1.29 is 62.2 Å². The summed E-state index contributed by atoms with van der Waals surface area (Å²) < 4.78 is 165. The van der Waals surface area contributed by atoms with Crippen molar-refractivity contribution in [3.8, 4) is 0 Å². The zero-order valence-electron chi connectivity index (χ0n) is 12.9. The minimum atomic E-state index is -6.78. The maximum absolute atomic E-state index is 14.4. The molecule has 1 rings (SSSR count). The monoisotopic (exact) mass is 416 g/mol. The van der Waals surface area contributed by atoms with Crippen molar-refractivity contribution in [2.45, 2.75) is 61.8 Å². The standard InChI is InChI=1S/C12H12F12O2/c1-5-3-6(8(13,14)10(16,17)18)4-7(25-2,26-5)9(15,11(19,20)21)12(22,23)24/h5-6H,3-4H2,1-2H3. The smallest absolute Gasteiger partial charge is 0.350 e. The fourth-order valence-corrected chi connectivity index (χ4v) is 2.82. The van der Waals surface area contributed by atoms with Crippen LogP contribution in [0.3, 0.4) is 0 Å². The Morgan fingerprint density at radius 3 is 1.54 bits per heavy atom. The number of methoxy groups -OCH3 is 1. The first kappa shape index (κ1) is 23.1. The third-order valence-electron chi connectivity index (χ3n) is 4.05. The molecule has 3 unspecified atom stereocenters. The van der Waals surface area contributed by atoms with Gasteiger partial charge < -0.3 is 9.47 Å². The molecule has 14 heteroatoms. The van der Waals surface area contributed by atoms with E-state index in [1.165, 1.54) is 0 Å². The SMILES string of the molecule is COC1(C(F)(C(F)(F)F)C(F)(F)F)CC(C(F)(F)C(F)(F)F)CC(C)O1. The summed E-state index contributed by atoms with van der Waals surface area (Å²) in [6.07, 6.45) is -25.5. The normalized spacial score (nSPS) is 29.8. The van der Waals surface area contributed by atoms with Crippen LogP contribution in [0.1, 0.15) is 19.8 Å². The van der Waals surface area contributed by atoms with E-state index >= 15 is 0 Å². The molecule has 0 aromatic heterocycles. The second-order valence-electron chi connectivity index (χ2n) is 5.80. The zero-order chi connectivity index (χ0) is 21.0. The van der Waals surface area contributed by atoms with Gasteiger partial charge in [0.1, 0.15) is 0 Å². The third kappa shape index (κ3) is 3.34. The molecule has 0 radical (unpaired) electrons. The second-order valence-corrected chi connectivity index (χ2v) is 5.80. The molecule has 0 bridgehead atoms. The lowest BCUT2D eigenvalue weighted by Crippen LogP contribution is -2.72. The van der Waals surface area contributed by atoms with Crippen molar-refractivity contribution >= 4 is 0 Å². The van der Waals surface area contributed by atoms with Crippen LogP contribution in [0.15, 0.2) is 0 Å². The van der Waals surface area contributed by atoms with Crippen molar-refractivity contribution in [1.29, 1.82) is 0 Å². The molecule has 1 aliphatic heterocycles. The summed E-state index contributed by atoms with van der Waals surface area (Å²) in [6, 6.07) is 0. The van der Waals surface area contributed by atoms with E-state index in [-0.39, 0.29) is 7.11 Å². The van der Waals surface area contributed by atoms with Gasteiger partial charge in [-0.15, -0.1) is 0 Å². The minimum Gasteiger partial charge on any atom is -0.350 e. The number of alkyl halides is 12. The van der Waals surface area contributed by atoms with Crippen LogP contribution in [0.2, 0.25) is 0 Å². The molecule has 3 atom stereocenters. The molecule has 1 aliphatic rings. The summed E-state index contributed by atoms with van der Waals surface area (Å²) in [7, 11) is 0.0899. The van der Waals surface area contributed by atoms with Gasteiger partial charge in [0.15, 0.2) is 0 Å². The Kier molecular flexibility index (Phi) is 5.61. The molecule has 1 saturated heterocycles. The first-order valence-electron chi connectivity index (χ1n) is 6.76. The van der Waals surface area contributed by atoms with Crippen molar-refractivity contribution in [1.82, 2.24) is 0 Å². The highest BCUT2D eigenvalue weighted by molar-refractivity contribution is 5.10. The molecule has 156 valence electrons. The highest BCUT2D eigenvalue weighted by atomic mass is 19.4. The molecule has 26 heavy (non-hydrogen) atoms. The molecule has 0 saturated carbocycles. The Morgan fingerprint density at radius 2 is 1.23 bits per heavy atom. The molecule has 0 aromatic carbocycles. The van der Waals surface area contributed by atoms with Gasteiger partial charge in [0.05, 0.1) is 6.10 Å². The molecule has 0 aliphatic carbocycles. The van der Waals surface area contributed by atoms with E-state index in [9.17, 15) is 52.7 Å². The van der Waals surface area contributed by atoms with Crippen LogP contribution in [-0.4, -0.2) is 49.1 Å². The van der Waals surface area contributed by atoms with E-state index in [0.29, 0.717) is 6.92 Å². The maximum atomic E-state index is 14.4. The topological polar surface area (TPSA) is 18.5 Å². The van der Waals surface area contributed by atoms with E-state index in [1.54, 1.807) is 0 Å². The number of hydrogen-bond acceptors (Lipinski definition) is 2. The van der Waals surface area contributed by atoms with Gasteiger partial charge in [0.2, 0.25) is 5.79 Å². The summed E-state index contributed by atoms with van der Waals surface area (Å²) >= 11 is 0. The molecular formula is C12H12F12O2. The highest BCUT2D eigenvalue weighted by Gasteiger charge is 2.85. The summed E-state index contributed by atoms with van der Waals surface area (Å²) in [5.74, 6) is -13.3. The summed E-state index contributed by atoms with van der Waals surface area (Å²) in [5.41, 5.74) is -6.35. The fraction of sp³-hybridized carbons (Fsp3) is 1.00. The molecule has 1 heterocycles. The fourth-order valence-electron chi connectivity index (χ4n) is 2.82. The Labute approximate surface area is 138 Å². The molecule has 0 spiro atoms. The van der Waals surface area contributed by atoms with E-state index < -0.39 is 60.8 Å². The van der Waals surface area contributed by atoms with Gasteiger partial charge >= 0.3 is 30.1 Å². The largest absolute Gasteiger partial charge is 0.453 e. The first-order chi connectivity index (χ1) is 11.3. The van der Waals surface area contributed by atoms with Gasteiger partial charge in [-0.1, -0.05) is 0 Å². The summed E-state index contributed by atoms with van der Waals surface area (Å²) in [5, 5.41) is 0. The lowest BCUT2D eigenvalue weighted by molar-refractivity contribution is -0.458. The maximum Gasteiger partial charge on any atom is 0.453 e. The van der Waals surface area contributed by atoms with Gasteiger partial charge in [-0.25, -0.2) is 4.39 Å². The van der Waals surface area contributed by atoms with Crippen LogP contribution >= 0.6 is 0 Å². The van der Waals surface area contributed by atoms with Crippen molar-refractivity contribution in [3.05, 3.63) is 0 Å². The molecule has 0 N–H and O–H groups in total. The Hall–Kier alpha value is -0.920. The quantitative estimate of drug-likeness (QED) is 0.591. The van der Waals surface area contributed by atoms with E-state index in [0.717, 1.165) is 0 Å². The second kappa shape index (κ2) is 6.31.